The van der Waals surface area contributed by atoms with Gasteiger partial charge in [-0.1, -0.05) is 12.2 Å². The molecule has 3 rings (SSSR count). The molecule has 1 aliphatic rings. The van der Waals surface area contributed by atoms with Gasteiger partial charge in [0.1, 0.15) is 10.7 Å². The Morgan fingerprint density at radius 2 is 2.33 bits per heavy atom. The molecule has 110 valence electrons. The van der Waals surface area contributed by atoms with Crippen molar-refractivity contribution in [1.29, 1.82) is 0 Å². The van der Waals surface area contributed by atoms with E-state index in [1.165, 1.54) is 0 Å². The van der Waals surface area contributed by atoms with E-state index in [9.17, 15) is 4.79 Å². The number of morpholine rings is 1. The number of nitrogens with one attached hydrogen (secondary N) is 1. The molecule has 0 aliphatic carbocycles. The Labute approximate surface area is 132 Å². The number of pyridine rings is 1. The summed E-state index contributed by atoms with van der Waals surface area (Å²) in [6, 6.07) is 5.61. The van der Waals surface area contributed by atoms with Crippen LogP contribution in [0.2, 0.25) is 0 Å². The van der Waals surface area contributed by atoms with Gasteiger partial charge >= 0.3 is 0 Å². The maximum Gasteiger partial charge on any atom is 0.257 e. The molecule has 1 amide bonds. The Morgan fingerprint density at radius 1 is 1.48 bits per heavy atom. The van der Waals surface area contributed by atoms with Crippen molar-refractivity contribution in [3.8, 4) is 0 Å². The third-order valence-corrected chi connectivity index (χ3v) is 4.55. The minimum atomic E-state index is -0.0646. The zero-order valence-electron chi connectivity index (χ0n) is 11.6. The van der Waals surface area contributed by atoms with Gasteiger partial charge in [0.15, 0.2) is 0 Å². The Hall–Kier alpha value is -1.50. The van der Waals surface area contributed by atoms with Crippen LogP contribution in [0.1, 0.15) is 28.9 Å². The Morgan fingerprint density at radius 3 is 3.05 bits per heavy atom. The molecule has 0 unspecified atom stereocenters. The van der Waals surface area contributed by atoms with Gasteiger partial charge < -0.3 is 14.6 Å². The van der Waals surface area contributed by atoms with Crippen LogP contribution in [0.4, 0.5) is 0 Å². The molecule has 1 fully saturated rings. The molecule has 3 heterocycles. The molecule has 1 N–H and O–H groups in total. The normalized spacial score (nSPS) is 22.2. The predicted molar refractivity (Wildman–Crippen MR) is 85.1 cm³/mol. The van der Waals surface area contributed by atoms with Gasteiger partial charge in [-0.25, -0.2) is 0 Å². The molecule has 0 bridgehead atoms. The molecule has 2 atom stereocenters. The number of carbonyl (C=O) groups is 1. The van der Waals surface area contributed by atoms with Crippen molar-refractivity contribution >= 4 is 29.5 Å². The molecule has 2 aromatic rings. The van der Waals surface area contributed by atoms with Crippen molar-refractivity contribution in [3.63, 3.8) is 0 Å². The molecule has 6 heteroatoms. The van der Waals surface area contributed by atoms with Crippen molar-refractivity contribution in [3.05, 3.63) is 50.9 Å². The zero-order chi connectivity index (χ0) is 14.8. The molecule has 1 saturated heterocycles. The third-order valence-electron chi connectivity index (χ3n) is 3.51. The van der Waals surface area contributed by atoms with Crippen molar-refractivity contribution in [1.82, 2.24) is 9.88 Å². The highest BCUT2D eigenvalue weighted by Crippen LogP contribution is 2.27. The first kappa shape index (κ1) is 14.4. The lowest BCUT2D eigenvalue weighted by atomic mass is 10.1. The van der Waals surface area contributed by atoms with E-state index in [2.05, 4.69) is 10.4 Å². The van der Waals surface area contributed by atoms with Crippen LogP contribution in [0, 0.1) is 4.64 Å². The molecule has 0 radical (unpaired) electrons. The molecule has 21 heavy (non-hydrogen) atoms. The minimum absolute atomic E-state index is 0.00821. The highest BCUT2D eigenvalue weighted by molar-refractivity contribution is 7.71. The summed E-state index contributed by atoms with van der Waals surface area (Å²) in [4.78, 5) is 17.4. The number of aromatic nitrogens is 1. The molecule has 1 aliphatic heterocycles. The van der Waals surface area contributed by atoms with Crippen LogP contribution >= 0.6 is 23.6 Å². The van der Waals surface area contributed by atoms with Crippen LogP contribution in [0.5, 0.6) is 0 Å². The molecule has 2 aromatic heterocycles. The number of nitrogens with zero attached hydrogens (tertiary/aromatic N) is 1. The second-order valence-electron chi connectivity index (χ2n) is 5.12. The zero-order valence-corrected chi connectivity index (χ0v) is 13.2. The number of thiophene rings is 1. The van der Waals surface area contributed by atoms with Crippen molar-refractivity contribution in [2.24, 2.45) is 0 Å². The average Bonchev–Trinajstić information content (AvgIpc) is 3.01. The number of hydrogen-bond acceptors (Lipinski definition) is 4. The number of carbonyl (C=O) groups excluding carboxylic acids is 1. The maximum atomic E-state index is 12.7. The van der Waals surface area contributed by atoms with E-state index in [0.717, 1.165) is 5.56 Å². The maximum absolute atomic E-state index is 12.7. The summed E-state index contributed by atoms with van der Waals surface area (Å²) in [5, 5.41) is 4.10. The smallest absolute Gasteiger partial charge is 0.257 e. The predicted octanol–water partition coefficient (Wildman–Crippen LogP) is 3.41. The summed E-state index contributed by atoms with van der Waals surface area (Å²) in [6.45, 7) is 3.14. The summed E-state index contributed by atoms with van der Waals surface area (Å²) in [6.07, 6.45) is 1.67. The Kier molecular flexibility index (Phi) is 4.19. The summed E-state index contributed by atoms with van der Waals surface area (Å²) >= 11 is 6.84. The van der Waals surface area contributed by atoms with Gasteiger partial charge in [-0.05, 0) is 41.4 Å². The molecular weight excluding hydrogens is 304 g/mol. The number of amides is 1. The monoisotopic (exact) mass is 320 g/mol. The van der Waals surface area contributed by atoms with Gasteiger partial charge in [0.2, 0.25) is 0 Å². The lowest BCUT2D eigenvalue weighted by Crippen LogP contribution is -2.46. The van der Waals surface area contributed by atoms with E-state index >= 15 is 0 Å². The van der Waals surface area contributed by atoms with Crippen LogP contribution in [0.25, 0.3) is 0 Å². The van der Waals surface area contributed by atoms with Crippen molar-refractivity contribution in [2.45, 2.75) is 19.1 Å². The number of ether oxygens (including phenoxy) is 1. The summed E-state index contributed by atoms with van der Waals surface area (Å²) < 4.78 is 6.44. The van der Waals surface area contributed by atoms with Crippen molar-refractivity contribution in [2.75, 3.05) is 13.1 Å². The van der Waals surface area contributed by atoms with Gasteiger partial charge in [0, 0.05) is 12.7 Å². The Bertz CT molecular complexity index is 681. The van der Waals surface area contributed by atoms with E-state index < -0.39 is 0 Å². The van der Waals surface area contributed by atoms with Crippen LogP contribution < -0.4 is 0 Å². The van der Waals surface area contributed by atoms with Crippen LogP contribution in [0.15, 0.2) is 35.2 Å². The van der Waals surface area contributed by atoms with E-state index in [-0.39, 0.29) is 18.1 Å². The fourth-order valence-corrected chi connectivity index (χ4v) is 3.45. The van der Waals surface area contributed by atoms with Gasteiger partial charge in [-0.15, -0.1) is 0 Å². The lowest BCUT2D eigenvalue weighted by Gasteiger charge is -2.36. The van der Waals surface area contributed by atoms with Crippen LogP contribution in [-0.4, -0.2) is 35.0 Å². The highest BCUT2D eigenvalue weighted by atomic mass is 32.1. The summed E-state index contributed by atoms with van der Waals surface area (Å²) in [5.74, 6) is -0.0350. The third kappa shape index (κ3) is 3.07. The largest absolute Gasteiger partial charge is 0.367 e. The quantitative estimate of drug-likeness (QED) is 0.863. The highest BCUT2D eigenvalue weighted by Gasteiger charge is 2.30. The lowest BCUT2D eigenvalue weighted by molar-refractivity contribution is -0.0690. The standard InChI is InChI=1S/C15H16N2O2S2/c1-10-7-17(8-13(19-10)11-4-6-21-9-11)15(18)12-3-2-5-16-14(12)20/h2-6,9-10,13H,7-8H2,1H3,(H,16,20)/t10-,13+/m0/s1. The number of rotatable bonds is 2. The van der Waals surface area contributed by atoms with Gasteiger partial charge in [-0.2, -0.15) is 11.3 Å². The summed E-state index contributed by atoms with van der Waals surface area (Å²) in [7, 11) is 0. The SMILES string of the molecule is C[C@H]1CN(C(=O)c2ccc[nH]c2=S)C[C@H](c2ccsc2)O1. The average molecular weight is 320 g/mol. The number of hydrogen-bond donors (Lipinski definition) is 1. The van der Waals surface area contributed by atoms with E-state index in [1.54, 1.807) is 29.7 Å². The minimum Gasteiger partial charge on any atom is -0.367 e. The number of aromatic amines is 1. The molecule has 0 saturated carbocycles. The molecule has 4 nitrogen and oxygen atoms in total. The topological polar surface area (TPSA) is 45.3 Å². The Balaban J connectivity index is 1.83. The van der Waals surface area contributed by atoms with E-state index in [4.69, 9.17) is 17.0 Å². The first-order valence-corrected chi connectivity index (χ1v) is 8.15. The molecule has 0 aromatic carbocycles. The van der Waals surface area contributed by atoms with E-state index in [0.29, 0.717) is 23.3 Å². The fraction of sp³-hybridized carbons (Fsp3) is 0.333. The molecular formula is C15H16N2O2S2. The second-order valence-corrected chi connectivity index (χ2v) is 6.30. The van der Waals surface area contributed by atoms with Crippen LogP contribution in [0.3, 0.4) is 0 Å². The van der Waals surface area contributed by atoms with Crippen molar-refractivity contribution < 1.29 is 9.53 Å². The second kappa shape index (κ2) is 6.09. The van der Waals surface area contributed by atoms with E-state index in [1.807, 2.05) is 23.3 Å². The van der Waals surface area contributed by atoms with Gasteiger partial charge in [0.05, 0.1) is 18.2 Å². The van der Waals surface area contributed by atoms with Crippen LogP contribution in [-0.2, 0) is 4.74 Å². The number of H-pyrrole nitrogens is 1. The molecule has 0 spiro atoms. The fourth-order valence-electron chi connectivity index (χ4n) is 2.52. The van der Waals surface area contributed by atoms with Gasteiger partial charge in [-0.3, -0.25) is 4.79 Å². The summed E-state index contributed by atoms with van der Waals surface area (Å²) in [5.41, 5.74) is 1.67. The van der Waals surface area contributed by atoms with Gasteiger partial charge in [0.25, 0.3) is 5.91 Å². The first-order chi connectivity index (χ1) is 10.1. The first-order valence-electron chi connectivity index (χ1n) is 6.79.